The van der Waals surface area contributed by atoms with Gasteiger partial charge in [0.1, 0.15) is 0 Å². The third kappa shape index (κ3) is 4.23. The maximum absolute atomic E-state index is 12.2. The highest BCUT2D eigenvalue weighted by Gasteiger charge is 2.17. The Balaban J connectivity index is 1.92. The molecule has 1 saturated heterocycles. The van der Waals surface area contributed by atoms with Crippen molar-refractivity contribution in [3.63, 3.8) is 0 Å². The molecule has 2 rings (SSSR count). The fraction of sp³-hybridized carbons (Fsp3) is 0.533. The molecule has 1 atom stereocenters. The van der Waals surface area contributed by atoms with E-state index in [1.807, 2.05) is 36.1 Å². The van der Waals surface area contributed by atoms with Gasteiger partial charge in [-0.2, -0.15) is 0 Å². The van der Waals surface area contributed by atoms with Gasteiger partial charge in [-0.1, -0.05) is 40.9 Å². The smallest absolute Gasteiger partial charge is 0.317 e. The van der Waals surface area contributed by atoms with Crippen molar-refractivity contribution in [2.75, 3.05) is 13.1 Å². The van der Waals surface area contributed by atoms with Crippen LogP contribution in [-0.2, 0) is 0 Å². The first-order valence-electron chi connectivity index (χ1n) is 6.98. The lowest BCUT2D eigenvalue weighted by Crippen LogP contribution is -2.41. The first-order valence-corrected chi connectivity index (χ1v) is 7.77. The Bertz CT molecular complexity index is 411. The second-order valence-electron chi connectivity index (χ2n) is 5.12. The van der Waals surface area contributed by atoms with Gasteiger partial charge in [-0.05, 0) is 37.5 Å². The standard InChI is InChI=1S/C15H21BrN2O/c1-12(13-6-8-14(16)9-7-13)17-15(19)18-10-4-2-3-5-11-18/h6-9,12H,2-5,10-11H2,1H3,(H,17,19)/t12-/m0/s1. The second-order valence-corrected chi connectivity index (χ2v) is 6.04. The quantitative estimate of drug-likeness (QED) is 0.872. The summed E-state index contributed by atoms with van der Waals surface area (Å²) in [5.41, 5.74) is 1.13. The lowest BCUT2D eigenvalue weighted by molar-refractivity contribution is 0.196. The van der Waals surface area contributed by atoms with Crippen molar-refractivity contribution in [2.45, 2.75) is 38.6 Å². The number of nitrogens with zero attached hydrogens (tertiary/aromatic N) is 1. The van der Waals surface area contributed by atoms with E-state index in [2.05, 4.69) is 21.2 Å². The van der Waals surface area contributed by atoms with Crippen LogP contribution in [0.25, 0.3) is 0 Å². The highest BCUT2D eigenvalue weighted by Crippen LogP contribution is 2.17. The second kappa shape index (κ2) is 6.94. The van der Waals surface area contributed by atoms with Gasteiger partial charge in [0.25, 0.3) is 0 Å². The van der Waals surface area contributed by atoms with E-state index in [-0.39, 0.29) is 12.1 Å². The van der Waals surface area contributed by atoms with Crippen LogP contribution in [-0.4, -0.2) is 24.0 Å². The summed E-state index contributed by atoms with van der Waals surface area (Å²) in [6.45, 7) is 3.80. The molecule has 0 aromatic heterocycles. The maximum atomic E-state index is 12.2. The third-order valence-corrected chi connectivity index (χ3v) is 4.13. The Morgan fingerprint density at radius 3 is 2.32 bits per heavy atom. The number of nitrogens with one attached hydrogen (secondary N) is 1. The summed E-state index contributed by atoms with van der Waals surface area (Å²) in [6, 6.07) is 8.20. The molecule has 0 unspecified atom stereocenters. The molecule has 4 heteroatoms. The van der Waals surface area contributed by atoms with Crippen molar-refractivity contribution in [3.05, 3.63) is 34.3 Å². The number of amides is 2. The number of hydrogen-bond donors (Lipinski definition) is 1. The van der Waals surface area contributed by atoms with Gasteiger partial charge in [-0.25, -0.2) is 4.79 Å². The Labute approximate surface area is 123 Å². The molecule has 1 fully saturated rings. The van der Waals surface area contributed by atoms with Crippen LogP contribution in [0, 0.1) is 0 Å². The topological polar surface area (TPSA) is 32.3 Å². The minimum Gasteiger partial charge on any atom is -0.331 e. The van der Waals surface area contributed by atoms with Gasteiger partial charge in [0.2, 0.25) is 0 Å². The predicted octanol–water partition coefficient (Wildman–Crippen LogP) is 4.10. The lowest BCUT2D eigenvalue weighted by Gasteiger charge is -2.23. The van der Waals surface area contributed by atoms with E-state index in [9.17, 15) is 4.79 Å². The summed E-state index contributed by atoms with van der Waals surface area (Å²) in [6.07, 6.45) is 4.73. The highest BCUT2D eigenvalue weighted by molar-refractivity contribution is 9.10. The van der Waals surface area contributed by atoms with E-state index in [1.165, 1.54) is 12.8 Å². The molecule has 1 aromatic rings. The molecule has 1 aliphatic rings. The van der Waals surface area contributed by atoms with Crippen molar-refractivity contribution in [1.82, 2.24) is 10.2 Å². The molecule has 3 nitrogen and oxygen atoms in total. The van der Waals surface area contributed by atoms with E-state index < -0.39 is 0 Å². The Morgan fingerprint density at radius 1 is 1.16 bits per heavy atom. The molecule has 104 valence electrons. The Hall–Kier alpha value is -1.03. The zero-order valence-electron chi connectivity index (χ0n) is 11.4. The summed E-state index contributed by atoms with van der Waals surface area (Å²) < 4.78 is 1.06. The number of carbonyl (C=O) groups excluding carboxylic acids is 1. The predicted molar refractivity (Wildman–Crippen MR) is 81.1 cm³/mol. The first-order chi connectivity index (χ1) is 9.16. The van der Waals surface area contributed by atoms with Gasteiger partial charge in [-0.15, -0.1) is 0 Å². The third-order valence-electron chi connectivity index (χ3n) is 3.60. The van der Waals surface area contributed by atoms with Crippen molar-refractivity contribution < 1.29 is 4.79 Å². The van der Waals surface area contributed by atoms with Crippen LogP contribution in [0.3, 0.4) is 0 Å². The van der Waals surface area contributed by atoms with Crippen LogP contribution in [0.15, 0.2) is 28.7 Å². The van der Waals surface area contributed by atoms with E-state index in [0.29, 0.717) is 0 Å². The lowest BCUT2D eigenvalue weighted by atomic mass is 10.1. The molecule has 1 aliphatic heterocycles. The largest absolute Gasteiger partial charge is 0.331 e. The molecule has 1 heterocycles. The molecular formula is C15H21BrN2O. The van der Waals surface area contributed by atoms with E-state index >= 15 is 0 Å². The SMILES string of the molecule is C[C@H](NC(=O)N1CCCCCC1)c1ccc(Br)cc1. The molecule has 0 spiro atoms. The van der Waals surface area contributed by atoms with Crippen molar-refractivity contribution in [2.24, 2.45) is 0 Å². The van der Waals surface area contributed by atoms with Gasteiger partial charge < -0.3 is 10.2 Å². The van der Waals surface area contributed by atoms with Crippen LogP contribution in [0.5, 0.6) is 0 Å². The van der Waals surface area contributed by atoms with Crippen LogP contribution in [0.1, 0.15) is 44.2 Å². The van der Waals surface area contributed by atoms with Crippen LogP contribution in [0.2, 0.25) is 0 Å². The maximum Gasteiger partial charge on any atom is 0.317 e. The minimum atomic E-state index is 0.0452. The van der Waals surface area contributed by atoms with E-state index in [1.54, 1.807) is 0 Å². The Kier molecular flexibility index (Phi) is 5.25. The van der Waals surface area contributed by atoms with Crippen LogP contribution < -0.4 is 5.32 Å². The van der Waals surface area contributed by atoms with E-state index in [4.69, 9.17) is 0 Å². The van der Waals surface area contributed by atoms with Crippen molar-refractivity contribution in [3.8, 4) is 0 Å². The van der Waals surface area contributed by atoms with Gasteiger partial charge in [0.05, 0.1) is 6.04 Å². The average Bonchev–Trinajstić information content (AvgIpc) is 2.68. The first kappa shape index (κ1) is 14.4. The monoisotopic (exact) mass is 324 g/mol. The molecule has 1 aromatic carbocycles. The highest BCUT2D eigenvalue weighted by atomic mass is 79.9. The van der Waals surface area contributed by atoms with Gasteiger partial charge >= 0.3 is 6.03 Å². The summed E-state index contributed by atoms with van der Waals surface area (Å²) in [7, 11) is 0. The van der Waals surface area contributed by atoms with Gasteiger partial charge in [0, 0.05) is 17.6 Å². The molecule has 19 heavy (non-hydrogen) atoms. The fourth-order valence-electron chi connectivity index (χ4n) is 2.39. The van der Waals surface area contributed by atoms with E-state index in [0.717, 1.165) is 36.0 Å². The number of carbonyl (C=O) groups is 1. The number of likely N-dealkylation sites (tertiary alicyclic amines) is 1. The summed E-state index contributed by atoms with van der Waals surface area (Å²) >= 11 is 3.42. The zero-order chi connectivity index (χ0) is 13.7. The molecule has 0 radical (unpaired) electrons. The van der Waals surface area contributed by atoms with Crippen LogP contribution >= 0.6 is 15.9 Å². The summed E-state index contributed by atoms with van der Waals surface area (Å²) in [5, 5.41) is 3.08. The number of hydrogen-bond acceptors (Lipinski definition) is 1. The molecule has 1 N–H and O–H groups in total. The number of rotatable bonds is 2. The normalized spacial score (nSPS) is 17.7. The zero-order valence-corrected chi connectivity index (χ0v) is 12.9. The molecule has 2 amide bonds. The minimum absolute atomic E-state index is 0.0452. The summed E-state index contributed by atoms with van der Waals surface area (Å²) in [5.74, 6) is 0. The van der Waals surface area contributed by atoms with Crippen LogP contribution in [0.4, 0.5) is 4.79 Å². The van der Waals surface area contributed by atoms with Crippen molar-refractivity contribution in [1.29, 1.82) is 0 Å². The number of halogens is 1. The number of urea groups is 1. The number of benzene rings is 1. The summed E-state index contributed by atoms with van der Waals surface area (Å²) in [4.78, 5) is 14.2. The molecule has 0 saturated carbocycles. The molecule has 0 bridgehead atoms. The Morgan fingerprint density at radius 2 is 1.74 bits per heavy atom. The van der Waals surface area contributed by atoms with Gasteiger partial charge in [0.15, 0.2) is 0 Å². The fourth-order valence-corrected chi connectivity index (χ4v) is 2.65. The average molecular weight is 325 g/mol. The molecular weight excluding hydrogens is 304 g/mol. The van der Waals surface area contributed by atoms with Crippen molar-refractivity contribution >= 4 is 22.0 Å². The molecule has 0 aliphatic carbocycles. The van der Waals surface area contributed by atoms with Gasteiger partial charge in [-0.3, -0.25) is 0 Å².